The Balaban J connectivity index is 1.39. The number of benzene rings is 2. The number of halogens is 1. The van der Waals surface area contributed by atoms with Crippen molar-refractivity contribution in [3.63, 3.8) is 0 Å². The maximum absolute atomic E-state index is 13.3. The summed E-state index contributed by atoms with van der Waals surface area (Å²) in [4.78, 5) is 29.4. The Hall–Kier alpha value is -3.07. The number of nitro groups is 1. The van der Waals surface area contributed by atoms with Gasteiger partial charge < -0.3 is 9.64 Å². The first kappa shape index (κ1) is 19.3. The number of fused-ring (bicyclic) bond motifs is 1. The number of aromatic nitrogens is 1. The molecule has 2 heterocycles. The van der Waals surface area contributed by atoms with Gasteiger partial charge in [-0.2, -0.15) is 0 Å². The van der Waals surface area contributed by atoms with Crippen LogP contribution in [0.1, 0.15) is 28.8 Å². The number of ether oxygens (including phenoxy) is 1. The first-order chi connectivity index (χ1) is 13.9. The number of carbonyl (C=O) groups is 1. The van der Waals surface area contributed by atoms with Crippen molar-refractivity contribution in [3.05, 3.63) is 63.5 Å². The molecule has 1 fully saturated rings. The fraction of sp³-hybridized carbons (Fsp3) is 0.300. The van der Waals surface area contributed by atoms with Gasteiger partial charge in [0.2, 0.25) is 0 Å². The highest BCUT2D eigenvalue weighted by Gasteiger charge is 2.26. The molecule has 0 unspecified atom stereocenters. The third kappa shape index (κ3) is 4.04. The maximum atomic E-state index is 13.3. The molecule has 1 amide bonds. The van der Waals surface area contributed by atoms with Crippen LogP contribution in [0.3, 0.4) is 0 Å². The number of piperidine rings is 1. The van der Waals surface area contributed by atoms with E-state index in [0.29, 0.717) is 47.8 Å². The molecule has 2 aromatic carbocycles. The van der Waals surface area contributed by atoms with Crippen LogP contribution in [-0.4, -0.2) is 39.9 Å². The number of nitro benzene ring substituents is 1. The molecule has 1 aliphatic heterocycles. The van der Waals surface area contributed by atoms with E-state index in [4.69, 9.17) is 4.74 Å². The Labute approximate surface area is 169 Å². The minimum Gasteiger partial charge on any atom is -0.467 e. The van der Waals surface area contributed by atoms with Crippen molar-refractivity contribution in [3.8, 4) is 5.19 Å². The molecule has 1 aromatic heterocycles. The van der Waals surface area contributed by atoms with Crippen LogP contribution in [0.4, 0.5) is 10.1 Å². The van der Waals surface area contributed by atoms with Crippen LogP contribution in [0.15, 0.2) is 36.4 Å². The van der Waals surface area contributed by atoms with Crippen LogP contribution in [-0.2, 0) is 0 Å². The van der Waals surface area contributed by atoms with Gasteiger partial charge in [-0.1, -0.05) is 17.4 Å². The molecule has 150 valence electrons. The van der Waals surface area contributed by atoms with E-state index >= 15 is 0 Å². The Kier molecular flexibility index (Phi) is 5.14. The summed E-state index contributed by atoms with van der Waals surface area (Å²) in [6, 6.07) is 8.97. The normalized spacial score (nSPS) is 14.9. The molecular weight excluding hydrogens is 397 g/mol. The van der Waals surface area contributed by atoms with E-state index in [1.165, 1.54) is 29.5 Å². The lowest BCUT2D eigenvalue weighted by Gasteiger charge is -2.31. The third-order valence-corrected chi connectivity index (χ3v) is 5.89. The Morgan fingerprint density at radius 2 is 2.03 bits per heavy atom. The first-order valence-corrected chi connectivity index (χ1v) is 9.99. The number of nitrogens with zero attached hydrogens (tertiary/aromatic N) is 3. The number of carbonyl (C=O) groups excluding carboxylic acids is 1. The number of aryl methyl sites for hydroxylation is 1. The monoisotopic (exact) mass is 415 g/mol. The van der Waals surface area contributed by atoms with Crippen molar-refractivity contribution in [2.45, 2.75) is 25.9 Å². The number of likely N-dealkylation sites (tertiary alicyclic amines) is 1. The number of hydrogen-bond acceptors (Lipinski definition) is 6. The number of thiazole rings is 1. The molecule has 4 rings (SSSR count). The Morgan fingerprint density at radius 3 is 2.76 bits per heavy atom. The molecule has 0 aliphatic carbocycles. The van der Waals surface area contributed by atoms with Crippen LogP contribution in [0, 0.1) is 22.9 Å². The van der Waals surface area contributed by atoms with Gasteiger partial charge in [-0.25, -0.2) is 9.37 Å². The second-order valence-corrected chi connectivity index (χ2v) is 7.95. The Bertz CT molecular complexity index is 1090. The van der Waals surface area contributed by atoms with Gasteiger partial charge in [0.15, 0.2) is 0 Å². The lowest BCUT2D eigenvalue weighted by molar-refractivity contribution is -0.385. The van der Waals surface area contributed by atoms with Crippen LogP contribution in [0.25, 0.3) is 10.2 Å². The van der Waals surface area contributed by atoms with Crippen molar-refractivity contribution in [2.24, 2.45) is 0 Å². The number of hydrogen-bond donors (Lipinski definition) is 0. The van der Waals surface area contributed by atoms with E-state index in [9.17, 15) is 19.3 Å². The van der Waals surface area contributed by atoms with Crippen LogP contribution in [0.5, 0.6) is 5.19 Å². The quantitative estimate of drug-likeness (QED) is 0.468. The van der Waals surface area contributed by atoms with E-state index in [-0.39, 0.29) is 23.5 Å². The second kappa shape index (κ2) is 7.75. The summed E-state index contributed by atoms with van der Waals surface area (Å²) in [7, 11) is 0. The molecule has 1 saturated heterocycles. The van der Waals surface area contributed by atoms with E-state index in [1.54, 1.807) is 30.0 Å². The van der Waals surface area contributed by atoms with Crippen molar-refractivity contribution >= 4 is 33.1 Å². The summed E-state index contributed by atoms with van der Waals surface area (Å²) >= 11 is 1.30. The summed E-state index contributed by atoms with van der Waals surface area (Å²) in [6.07, 6.45) is 1.17. The fourth-order valence-corrected chi connectivity index (χ4v) is 4.27. The molecular formula is C20H18FN3O4S. The Morgan fingerprint density at radius 1 is 1.28 bits per heavy atom. The number of rotatable bonds is 4. The molecule has 3 aromatic rings. The van der Waals surface area contributed by atoms with Crippen molar-refractivity contribution in [2.75, 3.05) is 13.1 Å². The van der Waals surface area contributed by atoms with Crippen molar-refractivity contribution in [1.82, 2.24) is 9.88 Å². The average Bonchev–Trinajstić information content (AvgIpc) is 3.09. The molecule has 29 heavy (non-hydrogen) atoms. The predicted molar refractivity (Wildman–Crippen MR) is 107 cm³/mol. The van der Waals surface area contributed by atoms with Gasteiger partial charge >= 0.3 is 0 Å². The lowest BCUT2D eigenvalue weighted by Crippen LogP contribution is -2.41. The molecule has 9 heteroatoms. The molecule has 0 saturated carbocycles. The van der Waals surface area contributed by atoms with Crippen LogP contribution < -0.4 is 4.74 Å². The molecule has 0 spiro atoms. The summed E-state index contributed by atoms with van der Waals surface area (Å²) < 4.78 is 20.0. The molecule has 7 nitrogen and oxygen atoms in total. The van der Waals surface area contributed by atoms with E-state index < -0.39 is 4.92 Å². The summed E-state index contributed by atoms with van der Waals surface area (Å²) in [5.74, 6) is -0.530. The highest BCUT2D eigenvalue weighted by Crippen LogP contribution is 2.30. The van der Waals surface area contributed by atoms with E-state index in [0.717, 1.165) is 4.70 Å². The molecule has 1 aliphatic rings. The molecule has 0 bridgehead atoms. The van der Waals surface area contributed by atoms with Gasteiger partial charge in [-0.15, -0.1) is 0 Å². The van der Waals surface area contributed by atoms with Gasteiger partial charge in [-0.3, -0.25) is 14.9 Å². The molecule has 0 N–H and O–H groups in total. The van der Waals surface area contributed by atoms with Gasteiger partial charge in [0, 0.05) is 43.1 Å². The summed E-state index contributed by atoms with van der Waals surface area (Å²) in [5, 5.41) is 11.6. The van der Waals surface area contributed by atoms with E-state index in [1.807, 2.05) is 0 Å². The third-order valence-electron chi connectivity index (χ3n) is 4.98. The van der Waals surface area contributed by atoms with Crippen molar-refractivity contribution in [1.29, 1.82) is 0 Å². The average molecular weight is 415 g/mol. The van der Waals surface area contributed by atoms with Gasteiger partial charge in [0.25, 0.3) is 16.8 Å². The topological polar surface area (TPSA) is 85.6 Å². The summed E-state index contributed by atoms with van der Waals surface area (Å²) in [5.41, 5.74) is 1.48. The highest BCUT2D eigenvalue weighted by atomic mass is 32.1. The zero-order valence-electron chi connectivity index (χ0n) is 15.6. The SMILES string of the molecule is Cc1ccc(C(=O)N2CCC(Oc3nc4ccc(F)cc4s3)CC2)cc1[N+](=O)[O-]. The zero-order chi connectivity index (χ0) is 20.5. The molecule has 0 radical (unpaired) electrons. The maximum Gasteiger partial charge on any atom is 0.274 e. The minimum absolute atomic E-state index is 0.0543. The van der Waals surface area contributed by atoms with Gasteiger partial charge in [0.05, 0.1) is 15.1 Å². The van der Waals surface area contributed by atoms with Crippen LogP contribution in [0.2, 0.25) is 0 Å². The van der Waals surface area contributed by atoms with Crippen molar-refractivity contribution < 1.29 is 18.8 Å². The standard InChI is InChI=1S/C20H18FN3O4S/c1-12-2-3-13(10-17(12)24(26)27)19(25)23-8-6-15(7-9-23)28-20-22-16-5-4-14(21)11-18(16)29-20/h2-5,10-11,15H,6-9H2,1H3. The largest absolute Gasteiger partial charge is 0.467 e. The fourth-order valence-electron chi connectivity index (χ4n) is 3.37. The first-order valence-electron chi connectivity index (χ1n) is 9.18. The lowest BCUT2D eigenvalue weighted by atomic mass is 10.0. The predicted octanol–water partition coefficient (Wildman–Crippen LogP) is 4.34. The van der Waals surface area contributed by atoms with Gasteiger partial charge in [-0.05, 0) is 31.2 Å². The minimum atomic E-state index is -0.476. The second-order valence-electron chi connectivity index (χ2n) is 6.96. The van der Waals surface area contributed by atoms with E-state index in [2.05, 4.69) is 4.98 Å². The molecule has 0 atom stereocenters. The van der Waals surface area contributed by atoms with Gasteiger partial charge in [0.1, 0.15) is 11.9 Å². The summed E-state index contributed by atoms with van der Waals surface area (Å²) in [6.45, 7) is 2.63. The smallest absolute Gasteiger partial charge is 0.274 e. The zero-order valence-corrected chi connectivity index (χ0v) is 16.4. The van der Waals surface area contributed by atoms with Crippen LogP contribution >= 0.6 is 11.3 Å². The highest BCUT2D eigenvalue weighted by molar-refractivity contribution is 7.20. The number of amides is 1.